The lowest BCUT2D eigenvalue weighted by Gasteiger charge is -2.36. The van der Waals surface area contributed by atoms with Crippen molar-refractivity contribution in [3.05, 3.63) is 64.1 Å². The molecule has 6 heteroatoms. The molecule has 24 heavy (non-hydrogen) atoms. The monoisotopic (exact) mass is 398 g/mol. The molecule has 3 rings (SSSR count). The van der Waals surface area contributed by atoms with Crippen LogP contribution in [0.2, 0.25) is 0 Å². The highest BCUT2D eigenvalue weighted by molar-refractivity contribution is 9.10. The molecule has 2 aromatic rings. The Labute approximate surface area is 148 Å². The standard InChI is InChI=1S/C18H18BrF3N2/c19-17-12-15(6-7-16(17)18(20,21)22)24-10-8-23(9-11-24)13-14-4-2-1-3-5-14/h1-7,12H,8-11,13H2. The Morgan fingerprint density at radius 3 is 2.17 bits per heavy atom. The van der Waals surface area contributed by atoms with Crippen LogP contribution >= 0.6 is 15.9 Å². The summed E-state index contributed by atoms with van der Waals surface area (Å²) in [6.45, 7) is 4.32. The lowest BCUT2D eigenvalue weighted by Crippen LogP contribution is -2.46. The van der Waals surface area contributed by atoms with E-state index in [-0.39, 0.29) is 4.47 Å². The molecule has 0 spiro atoms. The number of hydrogen-bond acceptors (Lipinski definition) is 2. The minimum atomic E-state index is -4.33. The van der Waals surface area contributed by atoms with Crippen LogP contribution in [0.25, 0.3) is 0 Å². The van der Waals surface area contributed by atoms with Gasteiger partial charge in [0.2, 0.25) is 0 Å². The second kappa shape index (κ2) is 7.15. The molecule has 1 aliphatic heterocycles. The van der Waals surface area contributed by atoms with Crippen molar-refractivity contribution >= 4 is 21.6 Å². The van der Waals surface area contributed by atoms with Crippen molar-refractivity contribution in [1.82, 2.24) is 4.90 Å². The molecule has 1 fully saturated rings. The van der Waals surface area contributed by atoms with Gasteiger partial charge in [0.25, 0.3) is 0 Å². The molecule has 0 N–H and O–H groups in total. The molecule has 0 saturated carbocycles. The smallest absolute Gasteiger partial charge is 0.369 e. The van der Waals surface area contributed by atoms with Crippen LogP contribution < -0.4 is 4.90 Å². The minimum Gasteiger partial charge on any atom is -0.369 e. The van der Waals surface area contributed by atoms with E-state index in [1.165, 1.54) is 5.56 Å². The van der Waals surface area contributed by atoms with Gasteiger partial charge in [0.15, 0.2) is 0 Å². The normalized spacial score (nSPS) is 16.4. The third-order valence-electron chi connectivity index (χ3n) is 4.24. The highest BCUT2D eigenvalue weighted by Crippen LogP contribution is 2.36. The van der Waals surface area contributed by atoms with Gasteiger partial charge in [0.05, 0.1) is 5.56 Å². The Hall–Kier alpha value is -1.53. The van der Waals surface area contributed by atoms with Gasteiger partial charge in [-0.3, -0.25) is 4.90 Å². The fourth-order valence-electron chi connectivity index (χ4n) is 2.94. The topological polar surface area (TPSA) is 6.48 Å². The van der Waals surface area contributed by atoms with Crippen molar-refractivity contribution in [3.8, 4) is 0 Å². The highest BCUT2D eigenvalue weighted by atomic mass is 79.9. The molecule has 0 unspecified atom stereocenters. The largest absolute Gasteiger partial charge is 0.417 e. The van der Waals surface area contributed by atoms with E-state index in [9.17, 15) is 13.2 Å². The zero-order valence-electron chi connectivity index (χ0n) is 13.1. The zero-order chi connectivity index (χ0) is 17.2. The molecular weight excluding hydrogens is 381 g/mol. The van der Waals surface area contributed by atoms with Gasteiger partial charge in [0.1, 0.15) is 0 Å². The molecule has 0 aromatic heterocycles. The summed E-state index contributed by atoms with van der Waals surface area (Å²) in [6, 6.07) is 14.6. The first-order valence-electron chi connectivity index (χ1n) is 7.81. The van der Waals surface area contributed by atoms with Gasteiger partial charge in [-0.2, -0.15) is 13.2 Å². The number of rotatable bonds is 3. The predicted molar refractivity (Wildman–Crippen MR) is 93.1 cm³/mol. The van der Waals surface area contributed by atoms with E-state index in [1.807, 2.05) is 18.2 Å². The first kappa shape index (κ1) is 17.3. The van der Waals surface area contributed by atoms with Crippen LogP contribution in [-0.2, 0) is 12.7 Å². The second-order valence-corrected chi connectivity index (χ2v) is 6.77. The quantitative estimate of drug-likeness (QED) is 0.733. The van der Waals surface area contributed by atoms with E-state index >= 15 is 0 Å². The summed E-state index contributed by atoms with van der Waals surface area (Å²) in [7, 11) is 0. The average molecular weight is 399 g/mol. The molecule has 128 valence electrons. The van der Waals surface area contributed by atoms with Crippen molar-refractivity contribution in [2.75, 3.05) is 31.1 Å². The number of anilines is 1. The molecule has 1 heterocycles. The Kier molecular flexibility index (Phi) is 5.15. The van der Waals surface area contributed by atoms with Crippen LogP contribution in [-0.4, -0.2) is 31.1 Å². The summed E-state index contributed by atoms with van der Waals surface area (Å²) < 4.78 is 38.6. The highest BCUT2D eigenvalue weighted by Gasteiger charge is 2.33. The maximum Gasteiger partial charge on any atom is 0.417 e. The van der Waals surface area contributed by atoms with Gasteiger partial charge in [-0.25, -0.2) is 0 Å². The van der Waals surface area contributed by atoms with E-state index in [2.05, 4.69) is 37.9 Å². The maximum absolute atomic E-state index is 12.8. The van der Waals surface area contributed by atoms with Crippen LogP contribution in [0, 0.1) is 0 Å². The lowest BCUT2D eigenvalue weighted by atomic mass is 10.1. The van der Waals surface area contributed by atoms with Gasteiger partial charge in [-0.05, 0) is 23.8 Å². The van der Waals surface area contributed by atoms with Gasteiger partial charge in [-0.15, -0.1) is 0 Å². The fraction of sp³-hybridized carbons (Fsp3) is 0.333. The molecule has 0 bridgehead atoms. The van der Waals surface area contributed by atoms with Crippen molar-refractivity contribution in [2.24, 2.45) is 0 Å². The number of halogens is 4. The summed E-state index contributed by atoms with van der Waals surface area (Å²) >= 11 is 3.05. The maximum atomic E-state index is 12.8. The summed E-state index contributed by atoms with van der Waals surface area (Å²) in [5, 5.41) is 0. The molecular formula is C18H18BrF3N2. The van der Waals surface area contributed by atoms with Crippen molar-refractivity contribution < 1.29 is 13.2 Å². The van der Waals surface area contributed by atoms with Crippen molar-refractivity contribution in [1.29, 1.82) is 0 Å². The number of alkyl halides is 3. The Bertz CT molecular complexity index is 680. The summed E-state index contributed by atoms with van der Waals surface area (Å²) in [6.07, 6.45) is -4.33. The number of piperazine rings is 1. The summed E-state index contributed by atoms with van der Waals surface area (Å²) in [4.78, 5) is 4.50. The molecule has 0 radical (unpaired) electrons. The Morgan fingerprint density at radius 2 is 1.58 bits per heavy atom. The lowest BCUT2D eigenvalue weighted by molar-refractivity contribution is -0.138. The molecule has 0 amide bonds. The van der Waals surface area contributed by atoms with Crippen LogP contribution in [0.3, 0.4) is 0 Å². The molecule has 1 aliphatic rings. The molecule has 1 saturated heterocycles. The molecule has 0 aliphatic carbocycles. The van der Waals surface area contributed by atoms with E-state index in [0.29, 0.717) is 0 Å². The van der Waals surface area contributed by atoms with Gasteiger partial charge >= 0.3 is 6.18 Å². The second-order valence-electron chi connectivity index (χ2n) is 5.91. The molecule has 0 atom stereocenters. The third kappa shape index (κ3) is 4.11. The average Bonchev–Trinajstić information content (AvgIpc) is 2.55. The summed E-state index contributed by atoms with van der Waals surface area (Å²) in [5.41, 5.74) is 1.48. The molecule has 2 nitrogen and oxygen atoms in total. The number of nitrogens with zero attached hydrogens (tertiary/aromatic N) is 2. The van der Waals surface area contributed by atoms with Crippen molar-refractivity contribution in [3.63, 3.8) is 0 Å². The first-order chi connectivity index (χ1) is 11.4. The van der Waals surface area contributed by atoms with Crippen LogP contribution in [0.15, 0.2) is 53.0 Å². The number of benzene rings is 2. The van der Waals surface area contributed by atoms with Crippen LogP contribution in [0.5, 0.6) is 0 Å². The van der Waals surface area contributed by atoms with Crippen molar-refractivity contribution in [2.45, 2.75) is 12.7 Å². The van der Waals surface area contributed by atoms with Gasteiger partial charge in [-0.1, -0.05) is 46.3 Å². The Morgan fingerprint density at radius 1 is 0.917 bits per heavy atom. The third-order valence-corrected chi connectivity index (χ3v) is 4.90. The zero-order valence-corrected chi connectivity index (χ0v) is 14.6. The van der Waals surface area contributed by atoms with Gasteiger partial charge in [0, 0.05) is 42.9 Å². The molecule has 2 aromatic carbocycles. The van der Waals surface area contributed by atoms with E-state index < -0.39 is 11.7 Å². The van der Waals surface area contributed by atoms with Crippen LogP contribution in [0.4, 0.5) is 18.9 Å². The van der Waals surface area contributed by atoms with Crippen LogP contribution in [0.1, 0.15) is 11.1 Å². The number of hydrogen-bond donors (Lipinski definition) is 0. The van der Waals surface area contributed by atoms with E-state index in [1.54, 1.807) is 12.1 Å². The fourth-order valence-corrected chi connectivity index (χ4v) is 3.53. The van der Waals surface area contributed by atoms with E-state index in [0.717, 1.165) is 44.5 Å². The van der Waals surface area contributed by atoms with Gasteiger partial charge < -0.3 is 4.90 Å². The predicted octanol–water partition coefficient (Wildman–Crippen LogP) is 4.79. The first-order valence-corrected chi connectivity index (χ1v) is 8.61. The SMILES string of the molecule is FC(F)(F)c1ccc(N2CCN(Cc3ccccc3)CC2)cc1Br. The Balaban J connectivity index is 1.61. The minimum absolute atomic E-state index is 0.0965. The summed E-state index contributed by atoms with van der Waals surface area (Å²) in [5.74, 6) is 0. The van der Waals surface area contributed by atoms with E-state index in [4.69, 9.17) is 0 Å².